The summed E-state index contributed by atoms with van der Waals surface area (Å²) in [6, 6.07) is 3.78. The predicted octanol–water partition coefficient (Wildman–Crippen LogP) is 1.59. The normalized spacial score (nSPS) is 27.9. The molecule has 2 heterocycles. The van der Waals surface area contributed by atoms with Crippen LogP contribution in [-0.2, 0) is 0 Å². The van der Waals surface area contributed by atoms with Gasteiger partial charge in [-0.1, -0.05) is 0 Å². The van der Waals surface area contributed by atoms with Crippen LogP contribution in [0.2, 0.25) is 0 Å². The lowest BCUT2D eigenvalue weighted by atomic mass is 9.90. The first-order chi connectivity index (χ1) is 7.32. The quantitative estimate of drug-likeness (QED) is 0.718. The van der Waals surface area contributed by atoms with Gasteiger partial charge in [-0.25, -0.2) is 0 Å². The summed E-state index contributed by atoms with van der Waals surface area (Å²) in [7, 11) is 0. The Morgan fingerprint density at radius 3 is 2.87 bits per heavy atom. The highest BCUT2D eigenvalue weighted by Gasteiger charge is 2.57. The third kappa shape index (κ3) is 1.42. The summed E-state index contributed by atoms with van der Waals surface area (Å²) in [6.45, 7) is 2.16. The van der Waals surface area contributed by atoms with Crippen LogP contribution in [0.3, 0.4) is 0 Å². The van der Waals surface area contributed by atoms with E-state index in [0.717, 1.165) is 25.2 Å². The third-order valence-corrected chi connectivity index (χ3v) is 3.97. The minimum absolute atomic E-state index is 0.290. The van der Waals surface area contributed by atoms with Gasteiger partial charge in [0.15, 0.2) is 5.78 Å². The number of aromatic nitrogens is 1. The topological polar surface area (TPSA) is 44.9 Å². The Morgan fingerprint density at radius 2 is 2.20 bits per heavy atom. The highest BCUT2D eigenvalue weighted by molar-refractivity contribution is 5.98. The summed E-state index contributed by atoms with van der Waals surface area (Å²) in [6.07, 6.45) is 5.27. The summed E-state index contributed by atoms with van der Waals surface area (Å²) in [5.41, 5.74) is 1.14. The lowest BCUT2D eigenvalue weighted by molar-refractivity contribution is 0.0936. The van der Waals surface area contributed by atoms with Gasteiger partial charge in [-0.3, -0.25) is 4.79 Å². The van der Waals surface area contributed by atoms with Crippen LogP contribution in [0.4, 0.5) is 0 Å². The van der Waals surface area contributed by atoms with Crippen molar-refractivity contribution in [2.75, 3.05) is 13.1 Å². The SMILES string of the molecule is O=C(c1ccc[nH]1)C1CC12CCNCC2. The molecule has 3 nitrogen and oxygen atoms in total. The Kier molecular flexibility index (Phi) is 1.96. The van der Waals surface area contributed by atoms with Gasteiger partial charge in [0, 0.05) is 12.1 Å². The molecule has 2 N–H and O–H groups in total. The van der Waals surface area contributed by atoms with Crippen LogP contribution < -0.4 is 5.32 Å². The number of piperidine rings is 1. The van der Waals surface area contributed by atoms with Gasteiger partial charge in [-0.2, -0.15) is 0 Å². The second-order valence-electron chi connectivity index (χ2n) is 4.82. The van der Waals surface area contributed by atoms with E-state index in [1.165, 1.54) is 12.8 Å². The molecule has 1 unspecified atom stereocenters. The summed E-state index contributed by atoms with van der Waals surface area (Å²) >= 11 is 0. The minimum atomic E-state index is 0.290. The largest absolute Gasteiger partial charge is 0.359 e. The third-order valence-electron chi connectivity index (χ3n) is 3.97. The van der Waals surface area contributed by atoms with Crippen molar-refractivity contribution in [2.24, 2.45) is 11.3 Å². The monoisotopic (exact) mass is 204 g/mol. The van der Waals surface area contributed by atoms with Crippen LogP contribution in [-0.4, -0.2) is 23.9 Å². The Hall–Kier alpha value is -1.09. The van der Waals surface area contributed by atoms with Gasteiger partial charge >= 0.3 is 0 Å². The van der Waals surface area contributed by atoms with Crippen LogP contribution in [0.1, 0.15) is 29.8 Å². The zero-order chi connectivity index (χ0) is 10.3. The molecule has 2 aliphatic rings. The molecule has 1 saturated carbocycles. The lowest BCUT2D eigenvalue weighted by Crippen LogP contribution is -2.30. The van der Waals surface area contributed by atoms with Crippen molar-refractivity contribution in [2.45, 2.75) is 19.3 Å². The molecule has 1 atom stereocenters. The molecule has 1 aromatic heterocycles. The molecular formula is C12H16N2O. The first-order valence-electron chi connectivity index (χ1n) is 5.70. The van der Waals surface area contributed by atoms with E-state index in [0.29, 0.717) is 17.1 Å². The van der Waals surface area contributed by atoms with Crippen LogP contribution >= 0.6 is 0 Å². The molecule has 1 spiro atoms. The summed E-state index contributed by atoms with van der Waals surface area (Å²) < 4.78 is 0. The second kappa shape index (κ2) is 3.20. The van der Waals surface area contributed by atoms with E-state index in [9.17, 15) is 4.79 Å². The van der Waals surface area contributed by atoms with Crippen molar-refractivity contribution >= 4 is 5.78 Å². The fraction of sp³-hybridized carbons (Fsp3) is 0.583. The predicted molar refractivity (Wildman–Crippen MR) is 57.8 cm³/mol. The molecule has 1 aliphatic heterocycles. The summed E-state index contributed by atoms with van der Waals surface area (Å²) in [5, 5.41) is 3.36. The van der Waals surface area contributed by atoms with Crippen LogP contribution in [0.25, 0.3) is 0 Å². The number of aromatic amines is 1. The molecule has 0 amide bonds. The second-order valence-corrected chi connectivity index (χ2v) is 4.82. The van der Waals surface area contributed by atoms with E-state index in [-0.39, 0.29) is 0 Å². The van der Waals surface area contributed by atoms with Gasteiger partial charge in [-0.15, -0.1) is 0 Å². The zero-order valence-electron chi connectivity index (χ0n) is 8.75. The van der Waals surface area contributed by atoms with Gasteiger partial charge in [0.1, 0.15) is 0 Å². The van der Waals surface area contributed by atoms with Crippen molar-refractivity contribution in [3.05, 3.63) is 24.0 Å². The number of nitrogens with one attached hydrogen (secondary N) is 2. The molecular weight excluding hydrogens is 188 g/mol. The molecule has 0 bridgehead atoms. The van der Waals surface area contributed by atoms with Crippen molar-refractivity contribution in [3.8, 4) is 0 Å². The molecule has 2 fully saturated rings. The van der Waals surface area contributed by atoms with Gasteiger partial charge in [0.2, 0.25) is 0 Å². The Balaban J connectivity index is 1.73. The molecule has 0 radical (unpaired) electrons. The van der Waals surface area contributed by atoms with Crippen molar-refractivity contribution in [1.82, 2.24) is 10.3 Å². The van der Waals surface area contributed by atoms with Crippen LogP contribution in [0.5, 0.6) is 0 Å². The van der Waals surface area contributed by atoms with E-state index in [4.69, 9.17) is 0 Å². The maximum Gasteiger partial charge on any atom is 0.182 e. The zero-order valence-corrected chi connectivity index (χ0v) is 8.75. The fourth-order valence-electron chi connectivity index (χ4n) is 2.87. The fourth-order valence-corrected chi connectivity index (χ4v) is 2.87. The van der Waals surface area contributed by atoms with E-state index < -0.39 is 0 Å². The Morgan fingerprint density at radius 1 is 1.40 bits per heavy atom. The number of Topliss-reactive ketones (excluding diaryl/α,β-unsaturated/α-hetero) is 1. The number of carbonyl (C=O) groups is 1. The molecule has 1 saturated heterocycles. The Labute approximate surface area is 89.3 Å². The summed E-state index contributed by atoms with van der Waals surface area (Å²) in [4.78, 5) is 15.1. The van der Waals surface area contributed by atoms with Gasteiger partial charge in [0.05, 0.1) is 5.69 Å². The molecule has 0 aromatic carbocycles. The van der Waals surface area contributed by atoms with Gasteiger partial charge in [0.25, 0.3) is 0 Å². The standard InChI is InChI=1S/C12H16N2O/c15-11(10-2-1-5-14-10)9-8-12(9)3-6-13-7-4-12/h1-2,5,9,13-14H,3-4,6-8H2. The molecule has 15 heavy (non-hydrogen) atoms. The van der Waals surface area contributed by atoms with Crippen molar-refractivity contribution in [3.63, 3.8) is 0 Å². The van der Waals surface area contributed by atoms with E-state index in [1.54, 1.807) is 0 Å². The first kappa shape index (κ1) is 9.16. The maximum atomic E-state index is 12.1. The van der Waals surface area contributed by atoms with E-state index in [2.05, 4.69) is 10.3 Å². The number of ketones is 1. The number of hydrogen-bond acceptors (Lipinski definition) is 2. The molecule has 3 heteroatoms. The Bertz CT molecular complexity index is 363. The minimum Gasteiger partial charge on any atom is -0.359 e. The smallest absolute Gasteiger partial charge is 0.182 e. The van der Waals surface area contributed by atoms with Crippen molar-refractivity contribution in [1.29, 1.82) is 0 Å². The van der Waals surface area contributed by atoms with Crippen LogP contribution in [0, 0.1) is 11.3 Å². The number of carbonyl (C=O) groups excluding carboxylic acids is 1. The van der Waals surface area contributed by atoms with Gasteiger partial charge < -0.3 is 10.3 Å². The van der Waals surface area contributed by atoms with Crippen LogP contribution in [0.15, 0.2) is 18.3 Å². The highest BCUT2D eigenvalue weighted by Crippen LogP contribution is 2.59. The first-order valence-corrected chi connectivity index (χ1v) is 5.70. The van der Waals surface area contributed by atoms with Crippen molar-refractivity contribution < 1.29 is 4.79 Å². The maximum absolute atomic E-state index is 12.1. The van der Waals surface area contributed by atoms with E-state index >= 15 is 0 Å². The molecule has 1 aromatic rings. The highest BCUT2D eigenvalue weighted by atomic mass is 16.1. The average Bonchev–Trinajstić information content (AvgIpc) is 2.76. The van der Waals surface area contributed by atoms with E-state index in [1.807, 2.05) is 18.3 Å². The molecule has 1 aliphatic carbocycles. The lowest BCUT2D eigenvalue weighted by Gasteiger charge is -2.22. The average molecular weight is 204 g/mol. The molecule has 80 valence electrons. The number of rotatable bonds is 2. The molecule has 3 rings (SSSR count). The number of hydrogen-bond donors (Lipinski definition) is 2. The van der Waals surface area contributed by atoms with Gasteiger partial charge in [-0.05, 0) is 49.9 Å². The summed E-state index contributed by atoms with van der Waals surface area (Å²) in [5.74, 6) is 0.611. The number of H-pyrrole nitrogens is 1.